The van der Waals surface area contributed by atoms with Gasteiger partial charge in [-0.1, -0.05) is 11.6 Å². The molecule has 0 aliphatic heterocycles. The van der Waals surface area contributed by atoms with Crippen LogP contribution in [0.25, 0.3) is 22.3 Å². The van der Waals surface area contributed by atoms with E-state index in [1.165, 1.54) is 12.4 Å². The van der Waals surface area contributed by atoms with Crippen LogP contribution in [0.5, 0.6) is 0 Å². The van der Waals surface area contributed by atoms with Crippen LogP contribution in [-0.4, -0.2) is 19.9 Å². The van der Waals surface area contributed by atoms with Crippen LogP contribution >= 0.6 is 11.6 Å². The number of hydrogen-bond donors (Lipinski definition) is 1. The number of H-pyrrole nitrogens is 1. The topological polar surface area (TPSA) is 71.5 Å². The van der Waals surface area contributed by atoms with Gasteiger partial charge in [0.25, 0.3) is 5.56 Å². The summed E-state index contributed by atoms with van der Waals surface area (Å²) >= 11 is 5.93. The quantitative estimate of drug-likeness (QED) is 0.725. The summed E-state index contributed by atoms with van der Waals surface area (Å²) in [5, 5.41) is 0.645. The first-order valence-electron chi connectivity index (χ1n) is 5.19. The SMILES string of the molecule is O=c1[nH]c(-c2ccncc2)nc2cncc(Cl)c12. The highest BCUT2D eigenvalue weighted by atomic mass is 35.5. The molecule has 18 heavy (non-hydrogen) atoms. The highest BCUT2D eigenvalue weighted by molar-refractivity contribution is 6.35. The standard InChI is InChI=1S/C12H7ClN4O/c13-8-5-15-6-9-10(8)12(18)17-11(16-9)7-1-3-14-4-2-7/h1-6H,(H,16,17,18). The zero-order valence-electron chi connectivity index (χ0n) is 9.09. The molecule has 88 valence electrons. The smallest absolute Gasteiger partial charge is 0.260 e. The van der Waals surface area contributed by atoms with E-state index in [0.717, 1.165) is 5.56 Å². The predicted octanol–water partition coefficient (Wildman–Crippen LogP) is 2.03. The van der Waals surface area contributed by atoms with Crippen LogP contribution in [0.3, 0.4) is 0 Å². The molecule has 0 spiro atoms. The van der Waals surface area contributed by atoms with Crippen molar-refractivity contribution in [3.05, 3.63) is 52.3 Å². The number of nitrogens with zero attached hydrogens (tertiary/aromatic N) is 3. The molecule has 0 saturated carbocycles. The fourth-order valence-electron chi connectivity index (χ4n) is 1.70. The molecule has 3 aromatic rings. The van der Waals surface area contributed by atoms with Crippen LogP contribution in [0.4, 0.5) is 0 Å². The maximum absolute atomic E-state index is 12.0. The number of nitrogens with one attached hydrogen (secondary N) is 1. The largest absolute Gasteiger partial charge is 0.306 e. The monoisotopic (exact) mass is 258 g/mol. The first-order valence-corrected chi connectivity index (χ1v) is 5.57. The van der Waals surface area contributed by atoms with Gasteiger partial charge in [-0.05, 0) is 12.1 Å². The first-order chi connectivity index (χ1) is 8.75. The van der Waals surface area contributed by atoms with Crippen molar-refractivity contribution in [2.45, 2.75) is 0 Å². The Hall–Kier alpha value is -2.27. The van der Waals surface area contributed by atoms with Crippen molar-refractivity contribution >= 4 is 22.5 Å². The van der Waals surface area contributed by atoms with Crippen molar-refractivity contribution in [1.82, 2.24) is 19.9 Å². The molecule has 0 unspecified atom stereocenters. The average Bonchev–Trinajstić information content (AvgIpc) is 2.39. The zero-order valence-corrected chi connectivity index (χ0v) is 9.85. The molecule has 3 rings (SSSR count). The third-order valence-electron chi connectivity index (χ3n) is 2.52. The fraction of sp³-hybridized carbons (Fsp3) is 0. The fourth-order valence-corrected chi connectivity index (χ4v) is 1.94. The maximum Gasteiger partial charge on any atom is 0.260 e. The van der Waals surface area contributed by atoms with E-state index in [1.54, 1.807) is 24.5 Å². The van der Waals surface area contributed by atoms with Crippen molar-refractivity contribution < 1.29 is 0 Å². The van der Waals surface area contributed by atoms with Gasteiger partial charge < -0.3 is 4.98 Å². The van der Waals surface area contributed by atoms with E-state index in [4.69, 9.17) is 11.6 Å². The third kappa shape index (κ3) is 1.74. The van der Waals surface area contributed by atoms with Crippen LogP contribution in [0.1, 0.15) is 0 Å². The molecule has 5 nitrogen and oxygen atoms in total. The minimum Gasteiger partial charge on any atom is -0.306 e. The Morgan fingerprint density at radius 3 is 2.67 bits per heavy atom. The number of fused-ring (bicyclic) bond motifs is 1. The molecule has 0 aromatic carbocycles. The van der Waals surface area contributed by atoms with E-state index in [2.05, 4.69) is 19.9 Å². The molecule has 0 amide bonds. The summed E-state index contributed by atoms with van der Waals surface area (Å²) < 4.78 is 0. The number of pyridine rings is 2. The third-order valence-corrected chi connectivity index (χ3v) is 2.81. The summed E-state index contributed by atoms with van der Waals surface area (Å²) in [6.45, 7) is 0. The number of halogens is 1. The van der Waals surface area contributed by atoms with Gasteiger partial charge in [0, 0.05) is 24.2 Å². The molecule has 0 atom stereocenters. The van der Waals surface area contributed by atoms with Gasteiger partial charge in [-0.2, -0.15) is 0 Å². The first kappa shape index (κ1) is 10.9. The highest BCUT2D eigenvalue weighted by Crippen LogP contribution is 2.19. The summed E-state index contributed by atoms with van der Waals surface area (Å²) in [4.78, 5) is 26.9. The molecule has 0 saturated heterocycles. The lowest BCUT2D eigenvalue weighted by molar-refractivity contribution is 1.16. The molecule has 6 heteroatoms. The molecule has 1 N–H and O–H groups in total. The van der Waals surface area contributed by atoms with Gasteiger partial charge in [0.1, 0.15) is 5.82 Å². The van der Waals surface area contributed by atoms with E-state index in [1.807, 2.05) is 0 Å². The van der Waals surface area contributed by atoms with Gasteiger partial charge in [-0.15, -0.1) is 0 Å². The molecule has 3 heterocycles. The van der Waals surface area contributed by atoms with Gasteiger partial charge in [0.05, 0.1) is 22.1 Å². The lowest BCUT2D eigenvalue weighted by atomic mass is 10.2. The van der Waals surface area contributed by atoms with E-state index < -0.39 is 0 Å². The van der Waals surface area contributed by atoms with E-state index in [-0.39, 0.29) is 5.56 Å². The molecule has 3 aromatic heterocycles. The zero-order chi connectivity index (χ0) is 12.5. The van der Waals surface area contributed by atoms with Gasteiger partial charge in [-0.3, -0.25) is 14.8 Å². The van der Waals surface area contributed by atoms with E-state index in [9.17, 15) is 4.79 Å². The Kier molecular flexibility index (Phi) is 2.53. The van der Waals surface area contributed by atoms with Crippen molar-refractivity contribution in [3.63, 3.8) is 0 Å². The van der Waals surface area contributed by atoms with E-state index >= 15 is 0 Å². The number of hydrogen-bond acceptors (Lipinski definition) is 4. The van der Waals surface area contributed by atoms with Crippen molar-refractivity contribution in [3.8, 4) is 11.4 Å². The number of aromatic nitrogens is 4. The second-order valence-electron chi connectivity index (χ2n) is 3.67. The lowest BCUT2D eigenvalue weighted by Gasteiger charge is -2.03. The normalized spacial score (nSPS) is 10.7. The average molecular weight is 259 g/mol. The molecule has 0 aliphatic carbocycles. The minimum atomic E-state index is -0.279. The molecular weight excluding hydrogens is 252 g/mol. The van der Waals surface area contributed by atoms with Crippen LogP contribution in [0, 0.1) is 0 Å². The van der Waals surface area contributed by atoms with E-state index in [0.29, 0.717) is 21.7 Å². The summed E-state index contributed by atoms with van der Waals surface area (Å²) in [5.41, 5.74) is 0.973. The highest BCUT2D eigenvalue weighted by Gasteiger charge is 2.08. The molecule has 0 radical (unpaired) electrons. The summed E-state index contributed by atoms with van der Waals surface area (Å²) in [6.07, 6.45) is 6.21. The van der Waals surface area contributed by atoms with Crippen molar-refractivity contribution in [2.24, 2.45) is 0 Å². The van der Waals surface area contributed by atoms with Crippen LogP contribution in [0.15, 0.2) is 41.7 Å². The molecule has 0 fully saturated rings. The maximum atomic E-state index is 12.0. The Bertz CT molecular complexity index is 770. The minimum absolute atomic E-state index is 0.279. The predicted molar refractivity (Wildman–Crippen MR) is 68.4 cm³/mol. The summed E-state index contributed by atoms with van der Waals surface area (Å²) in [5.74, 6) is 0.471. The van der Waals surface area contributed by atoms with Crippen LogP contribution in [0.2, 0.25) is 5.02 Å². The van der Waals surface area contributed by atoms with Gasteiger partial charge in [0.15, 0.2) is 0 Å². The van der Waals surface area contributed by atoms with Gasteiger partial charge >= 0.3 is 0 Å². The van der Waals surface area contributed by atoms with Crippen molar-refractivity contribution in [2.75, 3.05) is 0 Å². The number of aromatic amines is 1. The van der Waals surface area contributed by atoms with Crippen LogP contribution in [-0.2, 0) is 0 Å². The molecule has 0 bridgehead atoms. The van der Waals surface area contributed by atoms with Gasteiger partial charge in [-0.25, -0.2) is 4.98 Å². The van der Waals surface area contributed by atoms with Crippen molar-refractivity contribution in [1.29, 1.82) is 0 Å². The number of rotatable bonds is 1. The Labute approximate surface area is 107 Å². The van der Waals surface area contributed by atoms with Crippen LogP contribution < -0.4 is 5.56 Å². The van der Waals surface area contributed by atoms with Gasteiger partial charge in [0.2, 0.25) is 0 Å². The summed E-state index contributed by atoms with van der Waals surface area (Å²) in [6, 6.07) is 3.53. The second kappa shape index (κ2) is 4.19. The lowest BCUT2D eigenvalue weighted by Crippen LogP contribution is -2.10. The molecule has 0 aliphatic rings. The Morgan fingerprint density at radius 2 is 1.89 bits per heavy atom. The summed E-state index contributed by atoms with van der Waals surface area (Å²) in [7, 11) is 0. The second-order valence-corrected chi connectivity index (χ2v) is 4.07. The Balaban J connectivity index is 2.33. The Morgan fingerprint density at radius 1 is 1.11 bits per heavy atom. The molecular formula is C12H7ClN4O.